The second-order valence-corrected chi connectivity index (χ2v) is 3.29. The van der Waals surface area contributed by atoms with E-state index in [0.29, 0.717) is 16.6 Å². The van der Waals surface area contributed by atoms with Crippen molar-refractivity contribution >= 4 is 11.3 Å². The standard InChI is InChI=1S/C8H7N3O2S/c1-13-8-11-5(4-14-8)6-7(12)10-3-2-9-6/h2-4H,1H3,(H,10,12). The molecule has 0 radical (unpaired) electrons. The van der Waals surface area contributed by atoms with Crippen LogP contribution in [-0.4, -0.2) is 22.1 Å². The summed E-state index contributed by atoms with van der Waals surface area (Å²) in [5.41, 5.74) is 0.598. The summed E-state index contributed by atoms with van der Waals surface area (Å²) in [5, 5.41) is 2.25. The molecule has 0 saturated heterocycles. The van der Waals surface area contributed by atoms with Crippen LogP contribution in [0, 0.1) is 0 Å². The topological polar surface area (TPSA) is 67.9 Å². The Kier molecular flexibility index (Phi) is 2.28. The number of hydrogen-bond donors (Lipinski definition) is 1. The predicted molar refractivity (Wildman–Crippen MR) is 52.5 cm³/mol. The van der Waals surface area contributed by atoms with E-state index in [2.05, 4.69) is 15.0 Å². The van der Waals surface area contributed by atoms with Crippen LogP contribution in [0.1, 0.15) is 0 Å². The van der Waals surface area contributed by atoms with Crippen molar-refractivity contribution in [2.45, 2.75) is 0 Å². The van der Waals surface area contributed by atoms with E-state index in [1.165, 1.54) is 30.8 Å². The van der Waals surface area contributed by atoms with E-state index in [1.807, 2.05) is 0 Å². The van der Waals surface area contributed by atoms with Crippen molar-refractivity contribution in [3.05, 3.63) is 28.1 Å². The van der Waals surface area contributed by atoms with E-state index in [1.54, 1.807) is 5.38 Å². The summed E-state index contributed by atoms with van der Waals surface area (Å²) in [4.78, 5) is 21.9. The monoisotopic (exact) mass is 209 g/mol. The molecule has 2 aromatic heterocycles. The fourth-order valence-electron chi connectivity index (χ4n) is 0.994. The van der Waals surface area contributed by atoms with Gasteiger partial charge in [-0.1, -0.05) is 11.3 Å². The molecule has 2 heterocycles. The molecule has 0 aliphatic carbocycles. The highest BCUT2D eigenvalue weighted by atomic mass is 32.1. The molecular formula is C8H7N3O2S. The maximum atomic E-state index is 11.3. The first-order chi connectivity index (χ1) is 6.81. The van der Waals surface area contributed by atoms with Crippen molar-refractivity contribution in [2.75, 3.05) is 7.11 Å². The Balaban J connectivity index is 2.50. The number of methoxy groups -OCH3 is 1. The summed E-state index contributed by atoms with van der Waals surface area (Å²) in [6.07, 6.45) is 3.00. The molecule has 0 atom stereocenters. The molecule has 1 N–H and O–H groups in total. The third-order valence-electron chi connectivity index (χ3n) is 1.61. The molecule has 72 valence electrons. The van der Waals surface area contributed by atoms with E-state index in [4.69, 9.17) is 4.74 Å². The SMILES string of the molecule is COc1nc(-c2ncc[nH]c2=O)cs1. The molecule has 0 spiro atoms. The Bertz CT molecular complexity index is 491. The largest absolute Gasteiger partial charge is 0.473 e. The van der Waals surface area contributed by atoms with Crippen molar-refractivity contribution in [3.8, 4) is 16.6 Å². The van der Waals surface area contributed by atoms with E-state index in [-0.39, 0.29) is 5.56 Å². The van der Waals surface area contributed by atoms with Gasteiger partial charge in [-0.2, -0.15) is 0 Å². The van der Waals surface area contributed by atoms with Crippen LogP contribution in [0.25, 0.3) is 11.4 Å². The Morgan fingerprint density at radius 3 is 3.07 bits per heavy atom. The molecule has 0 bridgehead atoms. The maximum Gasteiger partial charge on any atom is 0.276 e. The van der Waals surface area contributed by atoms with Crippen LogP contribution < -0.4 is 10.3 Å². The third kappa shape index (κ3) is 1.51. The number of nitrogens with one attached hydrogen (secondary N) is 1. The summed E-state index contributed by atoms with van der Waals surface area (Å²) in [6, 6.07) is 0. The highest BCUT2D eigenvalue weighted by molar-refractivity contribution is 7.11. The van der Waals surface area contributed by atoms with Gasteiger partial charge >= 0.3 is 0 Å². The number of thiazole rings is 1. The zero-order valence-corrected chi connectivity index (χ0v) is 8.17. The molecule has 0 amide bonds. The first kappa shape index (κ1) is 8.89. The fraction of sp³-hybridized carbons (Fsp3) is 0.125. The number of ether oxygens (including phenoxy) is 1. The second kappa shape index (κ2) is 3.59. The molecular weight excluding hydrogens is 202 g/mol. The fourth-order valence-corrected chi connectivity index (χ4v) is 1.62. The van der Waals surface area contributed by atoms with Gasteiger partial charge in [0.05, 0.1) is 7.11 Å². The third-order valence-corrected chi connectivity index (χ3v) is 2.41. The molecule has 14 heavy (non-hydrogen) atoms. The van der Waals surface area contributed by atoms with Crippen molar-refractivity contribution in [1.29, 1.82) is 0 Å². The Hall–Kier alpha value is -1.69. The van der Waals surface area contributed by atoms with E-state index >= 15 is 0 Å². The van der Waals surface area contributed by atoms with Crippen molar-refractivity contribution < 1.29 is 4.74 Å². The lowest BCUT2D eigenvalue weighted by Crippen LogP contribution is -2.09. The minimum absolute atomic E-state index is 0.250. The number of nitrogens with zero attached hydrogens (tertiary/aromatic N) is 2. The average molecular weight is 209 g/mol. The van der Waals surface area contributed by atoms with Crippen molar-refractivity contribution in [2.24, 2.45) is 0 Å². The number of hydrogen-bond acceptors (Lipinski definition) is 5. The van der Waals surface area contributed by atoms with Crippen LogP contribution >= 0.6 is 11.3 Å². The zero-order valence-electron chi connectivity index (χ0n) is 7.35. The summed E-state index contributed by atoms with van der Waals surface area (Å²) < 4.78 is 4.92. The van der Waals surface area contributed by atoms with Gasteiger partial charge in [-0.25, -0.2) is 9.97 Å². The minimum Gasteiger partial charge on any atom is -0.473 e. The van der Waals surface area contributed by atoms with Gasteiger partial charge in [0.25, 0.3) is 10.8 Å². The molecule has 0 unspecified atom stereocenters. The Labute approximate surface area is 83.4 Å². The number of rotatable bonds is 2. The lowest BCUT2D eigenvalue weighted by molar-refractivity contribution is 0.412. The van der Waals surface area contributed by atoms with Gasteiger partial charge < -0.3 is 9.72 Å². The Morgan fingerprint density at radius 2 is 2.43 bits per heavy atom. The van der Waals surface area contributed by atoms with Gasteiger partial charge in [-0.3, -0.25) is 4.79 Å². The normalized spacial score (nSPS) is 10.1. The zero-order chi connectivity index (χ0) is 9.97. The highest BCUT2D eigenvalue weighted by Gasteiger charge is 2.08. The van der Waals surface area contributed by atoms with Crippen LogP contribution in [0.5, 0.6) is 5.19 Å². The Morgan fingerprint density at radius 1 is 1.57 bits per heavy atom. The van der Waals surface area contributed by atoms with Crippen LogP contribution in [0.15, 0.2) is 22.6 Å². The summed E-state index contributed by atoms with van der Waals surface area (Å²) in [6.45, 7) is 0. The summed E-state index contributed by atoms with van der Waals surface area (Å²) in [5.74, 6) is 0. The first-order valence-corrected chi connectivity index (χ1v) is 4.73. The number of H-pyrrole nitrogens is 1. The van der Waals surface area contributed by atoms with E-state index in [0.717, 1.165) is 0 Å². The maximum absolute atomic E-state index is 11.3. The van der Waals surface area contributed by atoms with E-state index in [9.17, 15) is 4.79 Å². The molecule has 2 aromatic rings. The molecule has 0 aliphatic heterocycles. The van der Waals surface area contributed by atoms with Gasteiger partial charge in [0.2, 0.25) is 0 Å². The number of aromatic amines is 1. The molecule has 5 nitrogen and oxygen atoms in total. The summed E-state index contributed by atoms with van der Waals surface area (Å²) >= 11 is 1.33. The van der Waals surface area contributed by atoms with Crippen LogP contribution in [0.4, 0.5) is 0 Å². The lowest BCUT2D eigenvalue weighted by atomic mass is 10.3. The van der Waals surface area contributed by atoms with Gasteiger partial charge in [-0.15, -0.1) is 0 Å². The summed E-state index contributed by atoms with van der Waals surface area (Å²) in [7, 11) is 1.53. The molecule has 0 aromatic carbocycles. The molecule has 2 rings (SSSR count). The minimum atomic E-state index is -0.250. The molecule has 0 fully saturated rings. The van der Waals surface area contributed by atoms with E-state index < -0.39 is 0 Å². The van der Waals surface area contributed by atoms with Crippen molar-refractivity contribution in [1.82, 2.24) is 15.0 Å². The van der Waals surface area contributed by atoms with Gasteiger partial charge in [0.1, 0.15) is 5.69 Å². The van der Waals surface area contributed by atoms with Crippen molar-refractivity contribution in [3.63, 3.8) is 0 Å². The smallest absolute Gasteiger partial charge is 0.276 e. The molecule has 0 saturated carbocycles. The molecule has 6 heteroatoms. The van der Waals surface area contributed by atoms with Gasteiger partial charge in [-0.05, 0) is 0 Å². The predicted octanol–water partition coefficient (Wildman–Crippen LogP) is 0.902. The van der Waals surface area contributed by atoms with Crippen LogP contribution in [-0.2, 0) is 0 Å². The van der Waals surface area contributed by atoms with Gasteiger partial charge in [0, 0.05) is 17.8 Å². The van der Waals surface area contributed by atoms with Crippen LogP contribution in [0.3, 0.4) is 0 Å². The number of aromatic nitrogens is 3. The quantitative estimate of drug-likeness (QED) is 0.798. The first-order valence-electron chi connectivity index (χ1n) is 3.85. The average Bonchev–Trinajstić information content (AvgIpc) is 2.67. The van der Waals surface area contributed by atoms with Gasteiger partial charge in [0.15, 0.2) is 5.69 Å². The second-order valence-electron chi connectivity index (χ2n) is 2.47. The highest BCUT2D eigenvalue weighted by Crippen LogP contribution is 2.22. The molecule has 0 aliphatic rings. The van der Waals surface area contributed by atoms with Crippen LogP contribution in [0.2, 0.25) is 0 Å². The lowest BCUT2D eigenvalue weighted by Gasteiger charge is -1.92.